The van der Waals surface area contributed by atoms with Crippen molar-refractivity contribution in [3.8, 4) is 0 Å². The van der Waals surface area contributed by atoms with E-state index in [0.717, 1.165) is 0 Å². The molecule has 0 saturated heterocycles. The Labute approximate surface area is 79.2 Å². The Morgan fingerprint density at radius 3 is 2.77 bits per heavy atom. The summed E-state index contributed by atoms with van der Waals surface area (Å²) < 4.78 is 4.99. The predicted octanol–water partition coefficient (Wildman–Crippen LogP) is -0.667. The van der Waals surface area contributed by atoms with E-state index in [1.165, 1.54) is 0 Å². The van der Waals surface area contributed by atoms with Crippen molar-refractivity contribution in [3.63, 3.8) is 0 Å². The van der Waals surface area contributed by atoms with Gasteiger partial charge in [0, 0.05) is 26.1 Å². The van der Waals surface area contributed by atoms with Crippen molar-refractivity contribution in [2.45, 2.75) is 19.4 Å². The van der Waals surface area contributed by atoms with E-state index in [1.54, 1.807) is 7.11 Å². The third kappa shape index (κ3) is 5.57. The number of hydrogen-bond donors (Lipinski definition) is 2. The summed E-state index contributed by atoms with van der Waals surface area (Å²) in [6.45, 7) is 3.40. The highest BCUT2D eigenvalue weighted by atomic mass is 16.5. The Kier molecular flexibility index (Phi) is 6.48. The van der Waals surface area contributed by atoms with Crippen LogP contribution in [0, 0.1) is 0 Å². The smallest absolute Gasteiger partial charge is 0.235 e. The maximum absolute atomic E-state index is 10.8. The fraction of sp³-hybridized carbons (Fsp3) is 0.875. The molecule has 78 valence electrons. The molecule has 0 aromatic heterocycles. The van der Waals surface area contributed by atoms with Crippen molar-refractivity contribution >= 4 is 5.91 Å². The minimum Gasteiger partial charge on any atom is -0.383 e. The SMILES string of the molecule is COCC(C)N(C)CCC(=O)NN. The Balaban J connectivity index is 3.60. The van der Waals surface area contributed by atoms with Crippen LogP contribution in [0.1, 0.15) is 13.3 Å². The van der Waals surface area contributed by atoms with Crippen LogP contribution in [-0.2, 0) is 9.53 Å². The van der Waals surface area contributed by atoms with Crippen molar-refractivity contribution in [2.75, 3.05) is 27.3 Å². The number of rotatable bonds is 6. The number of carbonyl (C=O) groups is 1. The van der Waals surface area contributed by atoms with Gasteiger partial charge in [-0.2, -0.15) is 0 Å². The number of nitrogens with two attached hydrogens (primary N) is 1. The van der Waals surface area contributed by atoms with Gasteiger partial charge in [0.1, 0.15) is 0 Å². The maximum atomic E-state index is 10.8. The zero-order valence-electron chi connectivity index (χ0n) is 8.54. The molecular weight excluding hydrogens is 170 g/mol. The molecule has 0 fully saturated rings. The lowest BCUT2D eigenvalue weighted by Crippen LogP contribution is -2.37. The maximum Gasteiger partial charge on any atom is 0.235 e. The Bertz CT molecular complexity index is 152. The quantitative estimate of drug-likeness (QED) is 0.330. The van der Waals surface area contributed by atoms with Gasteiger partial charge in [-0.3, -0.25) is 10.2 Å². The molecular formula is C8H19N3O2. The summed E-state index contributed by atoms with van der Waals surface area (Å²) in [5.41, 5.74) is 2.09. The van der Waals surface area contributed by atoms with Crippen LogP contribution >= 0.6 is 0 Å². The van der Waals surface area contributed by atoms with Crippen LogP contribution < -0.4 is 11.3 Å². The summed E-state index contributed by atoms with van der Waals surface area (Å²) in [6, 6.07) is 0.315. The molecule has 13 heavy (non-hydrogen) atoms. The highest BCUT2D eigenvalue weighted by Gasteiger charge is 2.09. The monoisotopic (exact) mass is 189 g/mol. The lowest BCUT2D eigenvalue weighted by atomic mass is 10.3. The normalized spacial score (nSPS) is 13.0. The molecule has 5 heteroatoms. The molecule has 1 unspecified atom stereocenters. The minimum atomic E-state index is -0.142. The first-order valence-corrected chi connectivity index (χ1v) is 4.30. The van der Waals surface area contributed by atoms with Crippen molar-refractivity contribution in [1.82, 2.24) is 10.3 Å². The van der Waals surface area contributed by atoms with Crippen molar-refractivity contribution in [1.29, 1.82) is 0 Å². The van der Waals surface area contributed by atoms with Gasteiger partial charge in [0.05, 0.1) is 6.61 Å². The fourth-order valence-electron chi connectivity index (χ4n) is 0.939. The second-order valence-corrected chi connectivity index (χ2v) is 3.10. The van der Waals surface area contributed by atoms with E-state index >= 15 is 0 Å². The number of ether oxygens (including phenoxy) is 1. The molecule has 0 saturated carbocycles. The predicted molar refractivity (Wildman–Crippen MR) is 50.9 cm³/mol. The van der Waals surface area contributed by atoms with Crippen LogP contribution in [0.2, 0.25) is 0 Å². The Morgan fingerprint density at radius 1 is 1.69 bits per heavy atom. The fourth-order valence-corrected chi connectivity index (χ4v) is 0.939. The zero-order chi connectivity index (χ0) is 10.3. The van der Waals surface area contributed by atoms with E-state index in [-0.39, 0.29) is 5.91 Å². The van der Waals surface area contributed by atoms with E-state index < -0.39 is 0 Å². The lowest BCUT2D eigenvalue weighted by molar-refractivity contribution is -0.121. The summed E-state index contributed by atoms with van der Waals surface area (Å²) in [4.78, 5) is 12.9. The summed E-state index contributed by atoms with van der Waals surface area (Å²) >= 11 is 0. The van der Waals surface area contributed by atoms with Crippen LogP contribution in [0.3, 0.4) is 0 Å². The van der Waals surface area contributed by atoms with E-state index in [9.17, 15) is 4.79 Å². The van der Waals surface area contributed by atoms with Crippen LogP contribution in [0.4, 0.5) is 0 Å². The third-order valence-corrected chi connectivity index (χ3v) is 2.01. The first-order chi connectivity index (χ1) is 6.11. The number of nitrogens with one attached hydrogen (secondary N) is 1. The second kappa shape index (κ2) is 6.82. The molecule has 0 aliphatic rings. The van der Waals surface area contributed by atoms with Gasteiger partial charge in [0.2, 0.25) is 5.91 Å². The van der Waals surface area contributed by atoms with Gasteiger partial charge < -0.3 is 9.64 Å². The second-order valence-electron chi connectivity index (χ2n) is 3.10. The minimum absolute atomic E-state index is 0.142. The highest BCUT2D eigenvalue weighted by Crippen LogP contribution is 1.96. The Hall–Kier alpha value is -0.650. The van der Waals surface area contributed by atoms with E-state index in [2.05, 4.69) is 10.3 Å². The van der Waals surface area contributed by atoms with Gasteiger partial charge in [-0.25, -0.2) is 5.84 Å². The average molecular weight is 189 g/mol. The highest BCUT2D eigenvalue weighted by molar-refractivity contribution is 5.75. The van der Waals surface area contributed by atoms with Crippen molar-refractivity contribution < 1.29 is 9.53 Å². The van der Waals surface area contributed by atoms with Crippen molar-refractivity contribution in [3.05, 3.63) is 0 Å². The van der Waals surface area contributed by atoms with Gasteiger partial charge in [-0.1, -0.05) is 0 Å². The van der Waals surface area contributed by atoms with Gasteiger partial charge in [-0.05, 0) is 14.0 Å². The number of amides is 1. The molecule has 0 bridgehead atoms. The summed E-state index contributed by atoms with van der Waals surface area (Å²) in [6.07, 6.45) is 0.418. The molecule has 1 atom stereocenters. The molecule has 0 aliphatic heterocycles. The summed E-state index contributed by atoms with van der Waals surface area (Å²) in [5.74, 6) is 4.81. The van der Waals surface area contributed by atoms with Crippen LogP contribution in [0.15, 0.2) is 0 Å². The topological polar surface area (TPSA) is 67.6 Å². The number of likely N-dealkylation sites (N-methyl/N-ethyl adjacent to an activating group) is 1. The average Bonchev–Trinajstić information content (AvgIpc) is 2.13. The molecule has 0 aliphatic carbocycles. The number of hydrogen-bond acceptors (Lipinski definition) is 4. The molecule has 0 spiro atoms. The van der Waals surface area contributed by atoms with Gasteiger partial charge in [0.25, 0.3) is 0 Å². The number of methoxy groups -OCH3 is 1. The molecule has 0 radical (unpaired) electrons. The number of hydrazine groups is 1. The first-order valence-electron chi connectivity index (χ1n) is 4.30. The largest absolute Gasteiger partial charge is 0.383 e. The van der Waals surface area contributed by atoms with Crippen LogP contribution in [-0.4, -0.2) is 44.2 Å². The lowest BCUT2D eigenvalue weighted by Gasteiger charge is -2.23. The van der Waals surface area contributed by atoms with Gasteiger partial charge in [-0.15, -0.1) is 0 Å². The third-order valence-electron chi connectivity index (χ3n) is 2.01. The molecule has 0 rings (SSSR count). The standard InChI is InChI=1S/C8H19N3O2/c1-7(6-13-3)11(2)5-4-8(12)10-9/h7H,4-6,9H2,1-3H3,(H,10,12). The van der Waals surface area contributed by atoms with Crippen LogP contribution in [0.5, 0.6) is 0 Å². The molecule has 0 heterocycles. The molecule has 0 aromatic rings. The molecule has 5 nitrogen and oxygen atoms in total. The van der Waals surface area contributed by atoms with E-state index in [1.807, 2.05) is 14.0 Å². The Morgan fingerprint density at radius 2 is 2.31 bits per heavy atom. The van der Waals surface area contributed by atoms with Gasteiger partial charge in [0.15, 0.2) is 0 Å². The van der Waals surface area contributed by atoms with Crippen LogP contribution in [0.25, 0.3) is 0 Å². The number of carbonyl (C=O) groups excluding carboxylic acids is 1. The summed E-state index contributed by atoms with van der Waals surface area (Å²) in [7, 11) is 3.62. The van der Waals surface area contributed by atoms with Gasteiger partial charge >= 0.3 is 0 Å². The summed E-state index contributed by atoms with van der Waals surface area (Å²) in [5, 5.41) is 0. The molecule has 1 amide bonds. The van der Waals surface area contributed by atoms with E-state index in [4.69, 9.17) is 10.6 Å². The molecule has 0 aromatic carbocycles. The van der Waals surface area contributed by atoms with E-state index in [0.29, 0.717) is 25.6 Å². The first kappa shape index (κ1) is 12.3. The number of nitrogens with zero attached hydrogens (tertiary/aromatic N) is 1. The van der Waals surface area contributed by atoms with Crippen molar-refractivity contribution in [2.24, 2.45) is 5.84 Å². The molecule has 3 N–H and O–H groups in total. The zero-order valence-corrected chi connectivity index (χ0v) is 8.54.